The summed E-state index contributed by atoms with van der Waals surface area (Å²) in [5.41, 5.74) is 5.42. The number of aliphatic hydroxyl groups is 1. The molecular weight excluding hydrogens is 182 g/mol. The Morgan fingerprint density at radius 2 is 2.43 bits per heavy atom. The summed E-state index contributed by atoms with van der Waals surface area (Å²) in [5.74, 6) is 0.548. The van der Waals surface area contributed by atoms with Crippen molar-refractivity contribution in [2.24, 2.45) is 16.8 Å². The molecule has 82 valence electrons. The maximum Gasteiger partial charge on any atom is 0.153 e. The average Bonchev–Trinajstić information content (AvgIpc) is 2.18. The smallest absolute Gasteiger partial charge is 0.153 e. The quantitative estimate of drug-likeness (QED) is 0.256. The van der Waals surface area contributed by atoms with Gasteiger partial charge in [0.05, 0.1) is 12.6 Å². The Kier molecular flexibility index (Phi) is 4.16. The number of nitrogens with zero attached hydrogens (tertiary/aromatic N) is 2. The second kappa shape index (κ2) is 5.17. The van der Waals surface area contributed by atoms with Gasteiger partial charge in [-0.05, 0) is 32.2 Å². The third kappa shape index (κ3) is 3.16. The van der Waals surface area contributed by atoms with Crippen molar-refractivity contribution in [1.29, 1.82) is 0 Å². The van der Waals surface area contributed by atoms with E-state index in [1.807, 2.05) is 6.92 Å². The first-order valence-electron chi connectivity index (χ1n) is 5.00. The summed E-state index contributed by atoms with van der Waals surface area (Å²) in [6.45, 7) is 4.09. The molecule has 14 heavy (non-hydrogen) atoms. The number of amidine groups is 1. The van der Waals surface area contributed by atoms with Crippen LogP contribution in [0.3, 0.4) is 0 Å². The minimum absolute atomic E-state index is 0.233. The molecule has 5 heteroatoms. The lowest BCUT2D eigenvalue weighted by atomic mass is 9.93. The first-order chi connectivity index (χ1) is 6.63. The van der Waals surface area contributed by atoms with Crippen LogP contribution >= 0.6 is 0 Å². The van der Waals surface area contributed by atoms with Crippen LogP contribution in [-0.4, -0.2) is 46.8 Å². The molecule has 0 amide bonds. The number of aliphatic hydroxyl groups excluding tert-OH is 1. The van der Waals surface area contributed by atoms with Crippen LogP contribution in [-0.2, 0) is 0 Å². The van der Waals surface area contributed by atoms with E-state index in [1.165, 1.54) is 0 Å². The van der Waals surface area contributed by atoms with E-state index in [9.17, 15) is 5.11 Å². The van der Waals surface area contributed by atoms with E-state index in [1.54, 1.807) is 0 Å². The lowest BCUT2D eigenvalue weighted by Gasteiger charge is -2.33. The first kappa shape index (κ1) is 11.3. The number of rotatable bonds is 3. The Morgan fingerprint density at radius 1 is 1.71 bits per heavy atom. The van der Waals surface area contributed by atoms with Gasteiger partial charge in [-0.15, -0.1) is 0 Å². The lowest BCUT2D eigenvalue weighted by Crippen LogP contribution is -2.43. The van der Waals surface area contributed by atoms with Gasteiger partial charge in [0, 0.05) is 6.54 Å². The fourth-order valence-corrected chi connectivity index (χ4v) is 1.89. The Bertz CT molecular complexity index is 206. The highest BCUT2D eigenvalue weighted by molar-refractivity contribution is 5.81. The molecule has 1 fully saturated rings. The minimum Gasteiger partial charge on any atom is -0.409 e. The number of hydrogen-bond acceptors (Lipinski definition) is 4. The number of hydrogen-bond donors (Lipinski definition) is 3. The number of piperidine rings is 1. The van der Waals surface area contributed by atoms with Crippen LogP contribution in [0, 0.1) is 5.92 Å². The summed E-state index contributed by atoms with van der Waals surface area (Å²) in [7, 11) is 0. The van der Waals surface area contributed by atoms with Crippen LogP contribution in [0.15, 0.2) is 5.16 Å². The predicted molar refractivity (Wildman–Crippen MR) is 54.3 cm³/mol. The highest BCUT2D eigenvalue weighted by Crippen LogP contribution is 2.19. The van der Waals surface area contributed by atoms with Gasteiger partial charge >= 0.3 is 0 Å². The maximum absolute atomic E-state index is 9.45. The molecule has 1 aliphatic heterocycles. The molecule has 0 unspecified atom stereocenters. The molecule has 1 heterocycles. The molecule has 0 spiro atoms. The van der Waals surface area contributed by atoms with Crippen LogP contribution in [0.5, 0.6) is 0 Å². The molecule has 4 N–H and O–H groups in total. The molecule has 1 aliphatic rings. The molecule has 0 aromatic heterocycles. The summed E-state index contributed by atoms with van der Waals surface area (Å²) in [6, 6.07) is 0. The summed E-state index contributed by atoms with van der Waals surface area (Å²) < 4.78 is 0. The Hall–Kier alpha value is -0.810. The topological polar surface area (TPSA) is 82.1 Å². The predicted octanol–water partition coefficient (Wildman–Crippen LogP) is -0.174. The van der Waals surface area contributed by atoms with Crippen LogP contribution < -0.4 is 5.73 Å². The second-order valence-electron chi connectivity index (χ2n) is 3.97. The van der Waals surface area contributed by atoms with Gasteiger partial charge in [-0.2, -0.15) is 0 Å². The number of likely N-dealkylation sites (tertiary alicyclic amines) is 1. The van der Waals surface area contributed by atoms with Crippen molar-refractivity contribution in [2.45, 2.75) is 25.9 Å². The van der Waals surface area contributed by atoms with Crippen LogP contribution in [0.2, 0.25) is 0 Å². The van der Waals surface area contributed by atoms with Gasteiger partial charge in [0.25, 0.3) is 0 Å². The average molecular weight is 201 g/mol. The summed E-state index contributed by atoms with van der Waals surface area (Å²) in [5, 5.41) is 20.8. The molecule has 1 rings (SSSR count). The zero-order valence-electron chi connectivity index (χ0n) is 8.56. The maximum atomic E-state index is 9.45. The van der Waals surface area contributed by atoms with E-state index in [0.29, 0.717) is 12.5 Å². The van der Waals surface area contributed by atoms with Crippen molar-refractivity contribution in [3.05, 3.63) is 0 Å². The Labute approximate surface area is 84.2 Å². The van der Waals surface area contributed by atoms with Gasteiger partial charge in [0.2, 0.25) is 0 Å². The molecule has 0 bridgehead atoms. The van der Waals surface area contributed by atoms with E-state index >= 15 is 0 Å². The van der Waals surface area contributed by atoms with Gasteiger partial charge in [-0.25, -0.2) is 0 Å². The standard InChI is InChI=1S/C9H19N3O2/c1-7(13)8-3-2-4-12(5-8)6-9(10)11-14/h7-8,13-14H,2-6H2,1H3,(H2,10,11)/t7-,8-/m1/s1. The SMILES string of the molecule is C[C@@H](O)[C@@H]1CCCN(CC(N)=NO)C1. The van der Waals surface area contributed by atoms with E-state index in [2.05, 4.69) is 10.1 Å². The Balaban J connectivity index is 2.40. The van der Waals surface area contributed by atoms with Gasteiger partial charge < -0.3 is 16.0 Å². The first-order valence-corrected chi connectivity index (χ1v) is 5.00. The number of nitrogens with two attached hydrogens (primary N) is 1. The van der Waals surface area contributed by atoms with Crippen LogP contribution in [0.4, 0.5) is 0 Å². The third-order valence-corrected chi connectivity index (χ3v) is 2.74. The largest absolute Gasteiger partial charge is 0.409 e. The zero-order valence-corrected chi connectivity index (χ0v) is 8.56. The van der Waals surface area contributed by atoms with E-state index < -0.39 is 0 Å². The molecule has 0 aliphatic carbocycles. The van der Waals surface area contributed by atoms with Crippen LogP contribution in [0.25, 0.3) is 0 Å². The number of oxime groups is 1. The van der Waals surface area contributed by atoms with E-state index in [4.69, 9.17) is 10.9 Å². The van der Waals surface area contributed by atoms with E-state index in [-0.39, 0.29) is 11.9 Å². The molecule has 0 radical (unpaired) electrons. The molecule has 0 saturated carbocycles. The summed E-state index contributed by atoms with van der Waals surface area (Å²) in [4.78, 5) is 2.11. The molecule has 0 aromatic rings. The normalized spacial score (nSPS) is 27.6. The summed E-state index contributed by atoms with van der Waals surface area (Å²) in [6.07, 6.45) is 1.85. The highest BCUT2D eigenvalue weighted by Gasteiger charge is 2.23. The van der Waals surface area contributed by atoms with Crippen molar-refractivity contribution < 1.29 is 10.3 Å². The van der Waals surface area contributed by atoms with Crippen molar-refractivity contribution in [1.82, 2.24) is 4.90 Å². The van der Waals surface area contributed by atoms with Crippen molar-refractivity contribution in [3.63, 3.8) is 0 Å². The van der Waals surface area contributed by atoms with Gasteiger partial charge in [0.15, 0.2) is 5.84 Å². The second-order valence-corrected chi connectivity index (χ2v) is 3.97. The molecule has 0 aromatic carbocycles. The zero-order chi connectivity index (χ0) is 10.6. The van der Waals surface area contributed by atoms with Crippen molar-refractivity contribution in [3.8, 4) is 0 Å². The summed E-state index contributed by atoms with van der Waals surface area (Å²) >= 11 is 0. The van der Waals surface area contributed by atoms with Gasteiger partial charge in [0.1, 0.15) is 0 Å². The fourth-order valence-electron chi connectivity index (χ4n) is 1.89. The fraction of sp³-hybridized carbons (Fsp3) is 0.889. The Morgan fingerprint density at radius 3 is 3.00 bits per heavy atom. The van der Waals surface area contributed by atoms with Gasteiger partial charge in [-0.1, -0.05) is 5.16 Å². The van der Waals surface area contributed by atoms with Gasteiger partial charge in [-0.3, -0.25) is 4.90 Å². The third-order valence-electron chi connectivity index (χ3n) is 2.74. The highest BCUT2D eigenvalue weighted by atomic mass is 16.4. The van der Waals surface area contributed by atoms with Crippen molar-refractivity contribution >= 4 is 5.84 Å². The molecular formula is C9H19N3O2. The lowest BCUT2D eigenvalue weighted by molar-refractivity contribution is 0.0686. The molecule has 2 atom stereocenters. The van der Waals surface area contributed by atoms with Crippen molar-refractivity contribution in [2.75, 3.05) is 19.6 Å². The molecule has 1 saturated heterocycles. The van der Waals surface area contributed by atoms with Crippen LogP contribution in [0.1, 0.15) is 19.8 Å². The van der Waals surface area contributed by atoms with E-state index in [0.717, 1.165) is 25.9 Å². The monoisotopic (exact) mass is 201 g/mol. The molecule has 5 nitrogen and oxygen atoms in total. The minimum atomic E-state index is -0.273.